The molecule has 0 saturated carbocycles. The molecule has 1 aliphatic rings. The topological polar surface area (TPSA) is 136 Å². The summed E-state index contributed by atoms with van der Waals surface area (Å²) >= 11 is 0. The Hall–Kier alpha value is -2.46. The lowest BCUT2D eigenvalue weighted by Crippen LogP contribution is -2.51. The molecule has 4 atom stereocenters. The highest BCUT2D eigenvalue weighted by molar-refractivity contribution is 5.98. The second-order valence-corrected chi connectivity index (χ2v) is 6.30. The van der Waals surface area contributed by atoms with Gasteiger partial charge < -0.3 is 33.9 Å². The van der Waals surface area contributed by atoms with Gasteiger partial charge in [-0.1, -0.05) is 0 Å². The molecule has 3 rings (SSSR count). The average molecular weight is 380 g/mol. The van der Waals surface area contributed by atoms with Gasteiger partial charge in [0.25, 0.3) is 0 Å². The van der Waals surface area contributed by atoms with Crippen LogP contribution in [0.25, 0.3) is 11.0 Å². The zero-order chi connectivity index (χ0) is 19.7. The lowest BCUT2D eigenvalue weighted by Gasteiger charge is -2.36. The molecular formula is C18H20O9. The minimum absolute atomic E-state index is 0.0276. The van der Waals surface area contributed by atoms with Gasteiger partial charge in [0.1, 0.15) is 29.1 Å². The third-order valence-corrected chi connectivity index (χ3v) is 4.42. The maximum atomic E-state index is 12.2. The molecule has 0 aliphatic carbocycles. The third-order valence-electron chi connectivity index (χ3n) is 4.42. The minimum atomic E-state index is -1.25. The molecule has 1 saturated heterocycles. The third kappa shape index (κ3) is 3.81. The Morgan fingerprint density at radius 3 is 2.67 bits per heavy atom. The van der Waals surface area contributed by atoms with Crippen LogP contribution in [0, 0.1) is 6.92 Å². The van der Waals surface area contributed by atoms with Gasteiger partial charge in [-0.05, 0) is 18.6 Å². The molecule has 0 bridgehead atoms. The summed E-state index contributed by atoms with van der Waals surface area (Å²) < 4.78 is 20.9. The van der Waals surface area contributed by atoms with E-state index in [0.29, 0.717) is 10.9 Å². The van der Waals surface area contributed by atoms with Crippen molar-refractivity contribution in [1.82, 2.24) is 0 Å². The number of carbonyl (C=O) groups is 1. The summed E-state index contributed by atoms with van der Waals surface area (Å²) in [5.74, 6) is -0.721. The van der Waals surface area contributed by atoms with Gasteiger partial charge >= 0.3 is 11.6 Å². The molecule has 3 N–H and O–H groups in total. The zero-order valence-electron chi connectivity index (χ0n) is 14.7. The van der Waals surface area contributed by atoms with E-state index in [9.17, 15) is 24.9 Å². The number of carbonyl (C=O) groups excluding carboxylic acids is 1. The molecule has 9 heteroatoms. The number of hydrogen-bond acceptors (Lipinski definition) is 9. The number of aliphatic hydroxyl groups excluding tert-OH is 3. The van der Waals surface area contributed by atoms with Crippen LogP contribution in [0.5, 0.6) is 5.75 Å². The Labute approximate surface area is 153 Å². The maximum absolute atomic E-state index is 12.2. The Morgan fingerprint density at radius 1 is 1.26 bits per heavy atom. The molecule has 1 aromatic heterocycles. The van der Waals surface area contributed by atoms with Gasteiger partial charge in [-0.3, -0.25) is 0 Å². The van der Waals surface area contributed by atoms with Crippen LogP contribution >= 0.6 is 0 Å². The summed E-state index contributed by atoms with van der Waals surface area (Å²) in [4.78, 5) is 23.8. The Kier molecular flexibility index (Phi) is 5.47. The molecule has 2 heterocycles. The van der Waals surface area contributed by atoms with E-state index in [1.807, 2.05) is 0 Å². The molecule has 1 aliphatic heterocycles. The van der Waals surface area contributed by atoms with E-state index in [-0.39, 0.29) is 23.3 Å². The number of benzene rings is 1. The van der Waals surface area contributed by atoms with Crippen molar-refractivity contribution in [3.8, 4) is 5.75 Å². The van der Waals surface area contributed by atoms with Crippen LogP contribution in [0.15, 0.2) is 27.4 Å². The van der Waals surface area contributed by atoms with Crippen LogP contribution in [0.3, 0.4) is 0 Å². The van der Waals surface area contributed by atoms with E-state index in [4.69, 9.17) is 18.6 Å². The monoisotopic (exact) mass is 380 g/mol. The molecule has 9 nitrogen and oxygen atoms in total. The number of aryl methyl sites for hydroxylation is 1. The maximum Gasteiger partial charge on any atom is 0.341 e. The molecule has 146 valence electrons. The normalized spacial score (nSPS) is 25.4. The SMILES string of the molecule is COC(=O)c1cc2c(C)cc(=O)oc2cc1O[C@@H]1O[C@H](CO)[C@H](O)CC1O. The van der Waals surface area contributed by atoms with Gasteiger partial charge in [-0.25, -0.2) is 9.59 Å². The smallest absolute Gasteiger partial charge is 0.341 e. The fraction of sp³-hybridized carbons (Fsp3) is 0.444. The summed E-state index contributed by atoms with van der Waals surface area (Å²) in [7, 11) is 1.21. The lowest BCUT2D eigenvalue weighted by molar-refractivity contribution is -0.240. The molecule has 0 spiro atoms. The fourth-order valence-corrected chi connectivity index (χ4v) is 2.97. The number of hydrogen-bond donors (Lipinski definition) is 3. The molecule has 1 aromatic carbocycles. The summed E-state index contributed by atoms with van der Waals surface area (Å²) in [6.45, 7) is 1.23. The van der Waals surface area contributed by atoms with Crippen molar-refractivity contribution in [3.05, 3.63) is 39.7 Å². The van der Waals surface area contributed by atoms with Gasteiger partial charge in [0.05, 0.1) is 19.8 Å². The highest BCUT2D eigenvalue weighted by atomic mass is 16.7. The first-order valence-electron chi connectivity index (χ1n) is 8.30. The van der Waals surface area contributed by atoms with Gasteiger partial charge in [-0.15, -0.1) is 0 Å². The van der Waals surface area contributed by atoms with E-state index < -0.39 is 42.8 Å². The molecule has 1 fully saturated rings. The summed E-state index contributed by atoms with van der Waals surface area (Å²) in [5, 5.41) is 29.7. The predicted octanol–water partition coefficient (Wildman–Crippen LogP) is 0.0959. The van der Waals surface area contributed by atoms with Crippen molar-refractivity contribution >= 4 is 16.9 Å². The second-order valence-electron chi connectivity index (χ2n) is 6.30. The minimum Gasteiger partial charge on any atom is -0.465 e. The number of esters is 1. The van der Waals surface area contributed by atoms with E-state index in [1.165, 1.54) is 25.3 Å². The van der Waals surface area contributed by atoms with Crippen molar-refractivity contribution in [3.63, 3.8) is 0 Å². The van der Waals surface area contributed by atoms with E-state index in [2.05, 4.69) is 0 Å². The molecule has 0 amide bonds. The van der Waals surface area contributed by atoms with Crippen molar-refractivity contribution in [1.29, 1.82) is 0 Å². The first kappa shape index (κ1) is 19.3. The van der Waals surface area contributed by atoms with Crippen LogP contribution in [0.1, 0.15) is 22.3 Å². The largest absolute Gasteiger partial charge is 0.465 e. The van der Waals surface area contributed by atoms with Gasteiger partial charge in [0, 0.05) is 23.9 Å². The second kappa shape index (κ2) is 7.65. The Balaban J connectivity index is 2.03. The highest BCUT2D eigenvalue weighted by Gasteiger charge is 2.38. The summed E-state index contributed by atoms with van der Waals surface area (Å²) in [6, 6.07) is 4.10. The first-order valence-corrected chi connectivity index (χ1v) is 8.30. The molecule has 0 radical (unpaired) electrons. The number of rotatable bonds is 4. The highest BCUT2D eigenvalue weighted by Crippen LogP contribution is 2.31. The van der Waals surface area contributed by atoms with Crippen LogP contribution in [0.2, 0.25) is 0 Å². The molecule has 27 heavy (non-hydrogen) atoms. The predicted molar refractivity (Wildman–Crippen MR) is 91.6 cm³/mol. The van der Waals surface area contributed by atoms with Crippen LogP contribution in [-0.4, -0.2) is 59.6 Å². The number of fused-ring (bicyclic) bond motifs is 1. The molecular weight excluding hydrogens is 360 g/mol. The Bertz CT molecular complexity index is 904. The number of aliphatic hydroxyl groups is 3. The summed E-state index contributed by atoms with van der Waals surface area (Å²) in [5.41, 5.74) is 0.278. The van der Waals surface area contributed by atoms with Gasteiger partial charge in [0.2, 0.25) is 6.29 Å². The van der Waals surface area contributed by atoms with Crippen molar-refractivity contribution in [2.24, 2.45) is 0 Å². The Morgan fingerprint density at radius 2 is 2.00 bits per heavy atom. The van der Waals surface area contributed by atoms with E-state index >= 15 is 0 Å². The quantitative estimate of drug-likeness (QED) is 0.498. The van der Waals surface area contributed by atoms with E-state index in [0.717, 1.165) is 0 Å². The summed E-state index contributed by atoms with van der Waals surface area (Å²) in [6.07, 6.45) is -4.52. The van der Waals surface area contributed by atoms with Gasteiger partial charge in [0.15, 0.2) is 0 Å². The van der Waals surface area contributed by atoms with Crippen LogP contribution in [0.4, 0.5) is 0 Å². The number of ether oxygens (including phenoxy) is 3. The van der Waals surface area contributed by atoms with Crippen molar-refractivity contribution in [2.75, 3.05) is 13.7 Å². The molecule has 1 unspecified atom stereocenters. The van der Waals surface area contributed by atoms with Crippen LogP contribution < -0.4 is 10.4 Å². The van der Waals surface area contributed by atoms with Crippen LogP contribution in [-0.2, 0) is 9.47 Å². The standard InChI is InChI=1S/C18H20O9/c1-8-3-16(22)25-13-6-14(10(4-9(8)13)17(23)24-2)26-18-12(21)5-11(20)15(7-19)27-18/h3-4,6,11-12,15,18-21H,5,7H2,1-2H3/t11-,12?,15-,18-/m1/s1. The van der Waals surface area contributed by atoms with Crippen molar-refractivity contribution < 1.29 is 38.7 Å². The van der Waals surface area contributed by atoms with Gasteiger partial charge in [-0.2, -0.15) is 0 Å². The fourth-order valence-electron chi connectivity index (χ4n) is 2.97. The zero-order valence-corrected chi connectivity index (χ0v) is 14.7. The van der Waals surface area contributed by atoms with E-state index in [1.54, 1.807) is 6.92 Å². The first-order chi connectivity index (χ1) is 12.8. The average Bonchev–Trinajstić information content (AvgIpc) is 2.62. The lowest BCUT2D eigenvalue weighted by atomic mass is 10.0. The number of methoxy groups -OCH3 is 1. The molecule has 2 aromatic rings. The van der Waals surface area contributed by atoms with Crippen molar-refractivity contribution in [2.45, 2.75) is 37.9 Å².